The Kier molecular flexibility index (Phi) is 6.22. The number of amides is 1. The molecule has 0 saturated heterocycles. The maximum atomic E-state index is 12.8. The van der Waals surface area contributed by atoms with Crippen molar-refractivity contribution in [3.05, 3.63) is 87.9 Å². The first kappa shape index (κ1) is 19.8. The van der Waals surface area contributed by atoms with Gasteiger partial charge in [-0.2, -0.15) is 0 Å². The summed E-state index contributed by atoms with van der Waals surface area (Å²) in [5.41, 5.74) is 4.16. The third-order valence-corrected chi connectivity index (χ3v) is 4.79. The lowest BCUT2D eigenvalue weighted by molar-refractivity contribution is 0.102. The van der Waals surface area contributed by atoms with E-state index in [1.54, 1.807) is 37.4 Å². The lowest BCUT2D eigenvalue weighted by Gasteiger charge is -2.14. The SMILES string of the molecule is COc1ccc(C(=O)Nc2c(C)cccc2C)cc1COc1ccccc1Cl. The predicted molar refractivity (Wildman–Crippen MR) is 113 cm³/mol. The Labute approximate surface area is 170 Å². The van der Waals surface area contributed by atoms with Crippen LogP contribution in [0.3, 0.4) is 0 Å². The Bertz CT molecular complexity index is 981. The topological polar surface area (TPSA) is 47.6 Å². The Balaban J connectivity index is 1.82. The van der Waals surface area contributed by atoms with Crippen molar-refractivity contribution < 1.29 is 14.3 Å². The van der Waals surface area contributed by atoms with Crippen LogP contribution < -0.4 is 14.8 Å². The van der Waals surface area contributed by atoms with Crippen molar-refractivity contribution in [1.82, 2.24) is 0 Å². The molecule has 0 aliphatic heterocycles. The van der Waals surface area contributed by atoms with Crippen LogP contribution in [-0.4, -0.2) is 13.0 Å². The highest BCUT2D eigenvalue weighted by Crippen LogP contribution is 2.27. The van der Waals surface area contributed by atoms with Gasteiger partial charge < -0.3 is 14.8 Å². The van der Waals surface area contributed by atoms with Gasteiger partial charge in [0.2, 0.25) is 0 Å². The second kappa shape index (κ2) is 8.81. The molecule has 0 heterocycles. The largest absolute Gasteiger partial charge is 0.496 e. The summed E-state index contributed by atoms with van der Waals surface area (Å²) in [6.45, 7) is 4.18. The summed E-state index contributed by atoms with van der Waals surface area (Å²) in [4.78, 5) is 12.8. The Morgan fingerprint density at radius 1 is 0.964 bits per heavy atom. The maximum absolute atomic E-state index is 12.8. The molecule has 0 saturated carbocycles. The number of anilines is 1. The molecule has 4 nitrogen and oxygen atoms in total. The number of halogens is 1. The van der Waals surface area contributed by atoms with Crippen LogP contribution in [0, 0.1) is 13.8 Å². The number of hydrogen-bond donors (Lipinski definition) is 1. The highest BCUT2D eigenvalue weighted by Gasteiger charge is 2.13. The molecule has 0 aliphatic carbocycles. The number of hydrogen-bond acceptors (Lipinski definition) is 3. The van der Waals surface area contributed by atoms with Crippen LogP contribution in [0.1, 0.15) is 27.0 Å². The second-order valence-electron chi connectivity index (χ2n) is 6.47. The molecule has 3 aromatic rings. The van der Waals surface area contributed by atoms with E-state index in [2.05, 4.69) is 5.32 Å². The lowest BCUT2D eigenvalue weighted by Crippen LogP contribution is -2.14. The number of carbonyl (C=O) groups excluding carboxylic acids is 1. The molecule has 5 heteroatoms. The number of rotatable bonds is 6. The fraction of sp³-hybridized carbons (Fsp3) is 0.174. The summed E-state index contributed by atoms with van der Waals surface area (Å²) < 4.78 is 11.2. The van der Waals surface area contributed by atoms with E-state index in [0.717, 1.165) is 22.4 Å². The van der Waals surface area contributed by atoms with Crippen molar-refractivity contribution in [2.75, 3.05) is 12.4 Å². The first-order valence-corrected chi connectivity index (χ1v) is 9.29. The molecule has 0 fully saturated rings. The summed E-state index contributed by atoms with van der Waals surface area (Å²) in [5, 5.41) is 3.53. The lowest BCUT2D eigenvalue weighted by atomic mass is 10.1. The van der Waals surface area contributed by atoms with Crippen molar-refractivity contribution in [2.45, 2.75) is 20.5 Å². The molecule has 0 atom stereocenters. The molecule has 144 valence electrons. The number of aryl methyl sites for hydroxylation is 2. The summed E-state index contributed by atoms with van der Waals surface area (Å²) in [6, 6.07) is 18.5. The average Bonchev–Trinajstić information content (AvgIpc) is 2.70. The molecule has 0 aliphatic rings. The van der Waals surface area contributed by atoms with Crippen LogP contribution in [0.25, 0.3) is 0 Å². The van der Waals surface area contributed by atoms with E-state index in [0.29, 0.717) is 22.1 Å². The minimum atomic E-state index is -0.181. The van der Waals surface area contributed by atoms with Crippen LogP contribution in [-0.2, 0) is 6.61 Å². The minimum Gasteiger partial charge on any atom is -0.496 e. The van der Waals surface area contributed by atoms with E-state index in [9.17, 15) is 4.79 Å². The second-order valence-corrected chi connectivity index (χ2v) is 6.87. The van der Waals surface area contributed by atoms with Gasteiger partial charge in [0.25, 0.3) is 5.91 Å². The fourth-order valence-electron chi connectivity index (χ4n) is 2.95. The van der Waals surface area contributed by atoms with Gasteiger partial charge in [-0.25, -0.2) is 0 Å². The smallest absolute Gasteiger partial charge is 0.255 e. The molecule has 28 heavy (non-hydrogen) atoms. The summed E-state index contributed by atoms with van der Waals surface area (Å²) in [6.07, 6.45) is 0. The fourth-order valence-corrected chi connectivity index (χ4v) is 3.14. The van der Waals surface area contributed by atoms with Gasteiger partial charge in [-0.15, -0.1) is 0 Å². The van der Waals surface area contributed by atoms with E-state index in [1.165, 1.54) is 0 Å². The molecule has 0 spiro atoms. The summed E-state index contributed by atoms with van der Waals surface area (Å²) in [5.74, 6) is 1.05. The molecule has 0 unspecified atom stereocenters. The Morgan fingerprint density at radius 3 is 2.36 bits per heavy atom. The van der Waals surface area contributed by atoms with Crippen LogP contribution in [0.5, 0.6) is 11.5 Å². The van der Waals surface area contributed by atoms with Gasteiger partial charge in [0.05, 0.1) is 12.1 Å². The third-order valence-electron chi connectivity index (χ3n) is 4.48. The number of carbonyl (C=O) groups is 1. The number of para-hydroxylation sites is 2. The Morgan fingerprint density at radius 2 is 1.68 bits per heavy atom. The molecule has 0 aromatic heterocycles. The highest BCUT2D eigenvalue weighted by atomic mass is 35.5. The zero-order valence-corrected chi connectivity index (χ0v) is 16.8. The van der Waals surface area contributed by atoms with Gasteiger partial charge in [-0.1, -0.05) is 41.9 Å². The van der Waals surface area contributed by atoms with Crippen LogP contribution >= 0.6 is 11.6 Å². The van der Waals surface area contributed by atoms with E-state index < -0.39 is 0 Å². The molecular formula is C23H22ClNO3. The quantitative estimate of drug-likeness (QED) is 0.574. The predicted octanol–water partition coefficient (Wildman–Crippen LogP) is 5.80. The van der Waals surface area contributed by atoms with E-state index in [1.807, 2.05) is 44.2 Å². The van der Waals surface area contributed by atoms with Crippen molar-refractivity contribution >= 4 is 23.2 Å². The molecule has 0 bridgehead atoms. The van der Waals surface area contributed by atoms with Gasteiger partial charge >= 0.3 is 0 Å². The van der Waals surface area contributed by atoms with E-state index in [4.69, 9.17) is 21.1 Å². The molecule has 0 radical (unpaired) electrons. The molecular weight excluding hydrogens is 374 g/mol. The van der Waals surface area contributed by atoms with Crippen molar-refractivity contribution in [3.8, 4) is 11.5 Å². The molecule has 3 rings (SSSR count). The standard InChI is InChI=1S/C23H22ClNO3/c1-15-7-6-8-16(2)22(15)25-23(26)17-11-12-20(27-3)18(13-17)14-28-21-10-5-4-9-19(21)24/h4-13H,14H2,1-3H3,(H,25,26). The number of nitrogens with one attached hydrogen (secondary N) is 1. The molecule has 1 N–H and O–H groups in total. The first-order chi connectivity index (χ1) is 13.5. The maximum Gasteiger partial charge on any atom is 0.255 e. The number of ether oxygens (including phenoxy) is 2. The van der Waals surface area contributed by atoms with Gasteiger partial charge in [-0.05, 0) is 55.3 Å². The van der Waals surface area contributed by atoms with E-state index in [-0.39, 0.29) is 12.5 Å². The molecule has 3 aromatic carbocycles. The zero-order valence-electron chi connectivity index (χ0n) is 16.1. The average molecular weight is 396 g/mol. The third kappa shape index (κ3) is 4.46. The van der Waals surface area contributed by atoms with Gasteiger partial charge in [0.15, 0.2) is 0 Å². The first-order valence-electron chi connectivity index (χ1n) is 8.91. The van der Waals surface area contributed by atoms with Gasteiger partial charge in [-0.3, -0.25) is 4.79 Å². The van der Waals surface area contributed by atoms with Crippen molar-refractivity contribution in [3.63, 3.8) is 0 Å². The highest BCUT2D eigenvalue weighted by molar-refractivity contribution is 6.32. The van der Waals surface area contributed by atoms with Gasteiger partial charge in [0.1, 0.15) is 18.1 Å². The molecule has 1 amide bonds. The number of methoxy groups -OCH3 is 1. The van der Waals surface area contributed by atoms with Gasteiger partial charge in [0, 0.05) is 16.8 Å². The van der Waals surface area contributed by atoms with Crippen LogP contribution in [0.4, 0.5) is 5.69 Å². The normalized spacial score (nSPS) is 10.4. The zero-order chi connectivity index (χ0) is 20.1. The summed E-state index contributed by atoms with van der Waals surface area (Å²) >= 11 is 6.15. The number of benzene rings is 3. The van der Waals surface area contributed by atoms with E-state index >= 15 is 0 Å². The van der Waals surface area contributed by atoms with Crippen LogP contribution in [0.15, 0.2) is 60.7 Å². The Hall–Kier alpha value is -2.98. The minimum absolute atomic E-state index is 0.181. The monoisotopic (exact) mass is 395 g/mol. The van der Waals surface area contributed by atoms with Crippen LogP contribution in [0.2, 0.25) is 5.02 Å². The summed E-state index contributed by atoms with van der Waals surface area (Å²) in [7, 11) is 1.59. The van der Waals surface area contributed by atoms with Crippen molar-refractivity contribution in [2.24, 2.45) is 0 Å². The van der Waals surface area contributed by atoms with Crippen molar-refractivity contribution in [1.29, 1.82) is 0 Å².